The lowest BCUT2D eigenvalue weighted by Gasteiger charge is -2.44. The number of nitrogens with one attached hydrogen (secondary N) is 1. The first kappa shape index (κ1) is 22.4. The molecule has 34 heavy (non-hydrogen) atoms. The van der Waals surface area contributed by atoms with Gasteiger partial charge in [-0.2, -0.15) is 0 Å². The van der Waals surface area contributed by atoms with E-state index < -0.39 is 17.6 Å². The Bertz CT molecular complexity index is 1080. The summed E-state index contributed by atoms with van der Waals surface area (Å²) in [4.78, 5) is 38.7. The molecule has 1 aliphatic heterocycles. The van der Waals surface area contributed by atoms with E-state index in [9.17, 15) is 14.4 Å². The first-order valence-electron chi connectivity index (χ1n) is 12.0. The predicted octanol–water partition coefficient (Wildman–Crippen LogP) is 4.02. The summed E-state index contributed by atoms with van der Waals surface area (Å²) in [6, 6.07) is 16.4. The summed E-state index contributed by atoms with van der Waals surface area (Å²) in [7, 11) is 0. The van der Waals surface area contributed by atoms with Gasteiger partial charge in [0.15, 0.2) is 0 Å². The summed E-state index contributed by atoms with van der Waals surface area (Å²) in [6.07, 6.45) is 1.89. The molecule has 1 saturated carbocycles. The molecule has 0 spiro atoms. The molecule has 0 bridgehead atoms. The van der Waals surface area contributed by atoms with E-state index >= 15 is 0 Å². The quantitative estimate of drug-likeness (QED) is 0.618. The van der Waals surface area contributed by atoms with Crippen molar-refractivity contribution in [3.63, 3.8) is 0 Å². The van der Waals surface area contributed by atoms with Crippen molar-refractivity contribution in [1.29, 1.82) is 0 Å². The number of rotatable bonds is 8. The molecule has 5 rings (SSSR count). The van der Waals surface area contributed by atoms with Crippen LogP contribution in [0.3, 0.4) is 0 Å². The second-order valence-corrected chi connectivity index (χ2v) is 9.94. The first-order chi connectivity index (χ1) is 16.4. The SMILES string of the molecule is CC(NC(=O)OCC1c2ccccc2-c2ccccc21)(C(=O)N1CC(CCC(=O)O)C1)C1CC1. The van der Waals surface area contributed by atoms with Crippen LogP contribution in [0.1, 0.15) is 49.7 Å². The molecule has 1 saturated heterocycles. The van der Waals surface area contributed by atoms with Gasteiger partial charge in [-0.15, -0.1) is 0 Å². The predicted molar refractivity (Wildman–Crippen MR) is 126 cm³/mol. The molecule has 2 N–H and O–H groups in total. The zero-order chi connectivity index (χ0) is 23.9. The molecule has 2 amide bonds. The Labute approximate surface area is 199 Å². The van der Waals surface area contributed by atoms with Crippen LogP contribution in [-0.4, -0.2) is 53.2 Å². The van der Waals surface area contributed by atoms with Crippen LogP contribution in [-0.2, 0) is 14.3 Å². The topological polar surface area (TPSA) is 95.9 Å². The van der Waals surface area contributed by atoms with Gasteiger partial charge in [0, 0.05) is 25.4 Å². The molecular formula is C27H30N2O5. The standard InChI is InChI=1S/C27H30N2O5/c1-27(18-11-12-18,25(32)29-14-17(15-29)10-13-24(30)31)28-26(33)34-16-23-21-8-4-2-6-19(21)20-7-3-5-9-22(20)23/h2-9,17-18,23H,10-16H2,1H3,(H,28,33)(H,30,31). The minimum absolute atomic E-state index is 0.0357. The van der Waals surface area contributed by atoms with Crippen LogP contribution in [0, 0.1) is 11.8 Å². The van der Waals surface area contributed by atoms with Gasteiger partial charge in [-0.1, -0.05) is 48.5 Å². The van der Waals surface area contributed by atoms with Crippen molar-refractivity contribution in [2.24, 2.45) is 11.8 Å². The molecule has 7 heteroatoms. The Morgan fingerprint density at radius 2 is 1.62 bits per heavy atom. The number of carboxylic acid groups (broad SMARTS) is 1. The van der Waals surface area contributed by atoms with Crippen LogP contribution < -0.4 is 5.32 Å². The van der Waals surface area contributed by atoms with Gasteiger partial charge in [-0.05, 0) is 60.3 Å². The Balaban J connectivity index is 1.21. The van der Waals surface area contributed by atoms with E-state index in [2.05, 4.69) is 29.6 Å². The van der Waals surface area contributed by atoms with Gasteiger partial charge in [0.1, 0.15) is 12.1 Å². The van der Waals surface area contributed by atoms with Crippen LogP contribution >= 0.6 is 0 Å². The number of amides is 2. The summed E-state index contributed by atoms with van der Waals surface area (Å²) in [5, 5.41) is 11.8. The molecule has 7 nitrogen and oxygen atoms in total. The molecule has 178 valence electrons. The fourth-order valence-electron chi connectivity index (χ4n) is 5.41. The van der Waals surface area contributed by atoms with E-state index in [1.807, 2.05) is 24.3 Å². The fraction of sp³-hybridized carbons (Fsp3) is 0.444. The molecule has 2 aromatic carbocycles. The number of carbonyl (C=O) groups is 3. The maximum Gasteiger partial charge on any atom is 0.408 e. The highest BCUT2D eigenvalue weighted by atomic mass is 16.5. The number of ether oxygens (including phenoxy) is 1. The van der Waals surface area contributed by atoms with Gasteiger partial charge in [-0.25, -0.2) is 4.79 Å². The van der Waals surface area contributed by atoms with E-state index in [0.29, 0.717) is 19.5 Å². The molecule has 1 unspecified atom stereocenters. The Kier molecular flexibility index (Phi) is 5.80. The Morgan fingerprint density at radius 3 is 2.18 bits per heavy atom. The van der Waals surface area contributed by atoms with E-state index in [-0.39, 0.29) is 36.7 Å². The molecule has 0 radical (unpaired) electrons. The highest BCUT2D eigenvalue weighted by Crippen LogP contribution is 2.45. The van der Waals surface area contributed by atoms with Crippen LogP contribution in [0.15, 0.2) is 48.5 Å². The van der Waals surface area contributed by atoms with Crippen LogP contribution in [0.25, 0.3) is 11.1 Å². The zero-order valence-electron chi connectivity index (χ0n) is 19.3. The summed E-state index contributed by atoms with van der Waals surface area (Å²) in [6.45, 7) is 3.08. The molecule has 0 aromatic heterocycles. The van der Waals surface area contributed by atoms with E-state index in [4.69, 9.17) is 9.84 Å². The lowest BCUT2D eigenvalue weighted by molar-refractivity contribution is -0.145. The highest BCUT2D eigenvalue weighted by molar-refractivity contribution is 5.91. The zero-order valence-corrected chi connectivity index (χ0v) is 19.3. The van der Waals surface area contributed by atoms with Gasteiger partial charge in [0.25, 0.3) is 0 Å². The van der Waals surface area contributed by atoms with Crippen LogP contribution in [0.2, 0.25) is 0 Å². The third-order valence-electron chi connectivity index (χ3n) is 7.55. The van der Waals surface area contributed by atoms with Gasteiger partial charge in [-0.3, -0.25) is 9.59 Å². The minimum atomic E-state index is -1.000. The van der Waals surface area contributed by atoms with Gasteiger partial charge >= 0.3 is 12.1 Å². The van der Waals surface area contributed by atoms with Gasteiger partial charge in [0.2, 0.25) is 5.91 Å². The Morgan fingerprint density at radius 1 is 1.03 bits per heavy atom. The smallest absolute Gasteiger partial charge is 0.408 e. The van der Waals surface area contributed by atoms with Crippen molar-refractivity contribution < 1.29 is 24.2 Å². The molecular weight excluding hydrogens is 432 g/mol. The number of carbonyl (C=O) groups excluding carboxylic acids is 2. The second kappa shape index (κ2) is 8.78. The number of benzene rings is 2. The molecule has 2 fully saturated rings. The van der Waals surface area contributed by atoms with E-state index in [1.54, 1.807) is 11.8 Å². The van der Waals surface area contributed by atoms with Crippen LogP contribution in [0.5, 0.6) is 0 Å². The second-order valence-electron chi connectivity index (χ2n) is 9.94. The van der Waals surface area contributed by atoms with Gasteiger partial charge in [0.05, 0.1) is 0 Å². The summed E-state index contributed by atoms with van der Waals surface area (Å²) in [5.41, 5.74) is 3.62. The molecule has 1 heterocycles. The lowest BCUT2D eigenvalue weighted by atomic mass is 9.88. The van der Waals surface area contributed by atoms with Crippen molar-refractivity contribution in [1.82, 2.24) is 10.2 Å². The number of likely N-dealkylation sites (tertiary alicyclic amines) is 1. The largest absolute Gasteiger partial charge is 0.481 e. The summed E-state index contributed by atoms with van der Waals surface area (Å²) < 4.78 is 5.69. The third-order valence-corrected chi connectivity index (χ3v) is 7.55. The van der Waals surface area contributed by atoms with Crippen molar-refractivity contribution in [3.05, 3.63) is 59.7 Å². The molecule has 2 aliphatic carbocycles. The molecule has 2 aromatic rings. The number of alkyl carbamates (subject to hydrolysis) is 1. The van der Waals surface area contributed by atoms with Crippen LogP contribution in [0.4, 0.5) is 4.79 Å². The average Bonchev–Trinajstić information content (AvgIpc) is 3.60. The molecule has 1 atom stereocenters. The number of carboxylic acids is 1. The molecule has 3 aliphatic rings. The number of hydrogen-bond donors (Lipinski definition) is 2. The highest BCUT2D eigenvalue weighted by Gasteiger charge is 2.52. The monoisotopic (exact) mass is 462 g/mol. The number of hydrogen-bond acceptors (Lipinski definition) is 4. The Hall–Kier alpha value is -3.35. The maximum absolute atomic E-state index is 13.3. The summed E-state index contributed by atoms with van der Waals surface area (Å²) in [5.74, 6) is -0.650. The number of aliphatic carboxylic acids is 1. The average molecular weight is 463 g/mol. The van der Waals surface area contributed by atoms with Gasteiger partial charge < -0.3 is 20.1 Å². The van der Waals surface area contributed by atoms with E-state index in [1.165, 1.54) is 11.1 Å². The lowest BCUT2D eigenvalue weighted by Crippen LogP contribution is -2.64. The van der Waals surface area contributed by atoms with E-state index in [0.717, 1.165) is 24.0 Å². The fourth-order valence-corrected chi connectivity index (χ4v) is 5.41. The summed E-state index contributed by atoms with van der Waals surface area (Å²) >= 11 is 0. The third kappa shape index (κ3) is 4.15. The first-order valence-corrected chi connectivity index (χ1v) is 12.0. The van der Waals surface area contributed by atoms with Crippen molar-refractivity contribution in [3.8, 4) is 11.1 Å². The van der Waals surface area contributed by atoms with Crippen molar-refractivity contribution >= 4 is 18.0 Å². The van der Waals surface area contributed by atoms with Crippen molar-refractivity contribution in [2.45, 2.75) is 44.1 Å². The minimum Gasteiger partial charge on any atom is -0.481 e. The number of nitrogens with zero attached hydrogens (tertiary/aromatic N) is 1. The normalized spacial score (nSPS) is 18.9. The number of fused-ring (bicyclic) bond motifs is 3. The van der Waals surface area contributed by atoms with Crippen molar-refractivity contribution in [2.75, 3.05) is 19.7 Å². The maximum atomic E-state index is 13.3.